The van der Waals surface area contributed by atoms with E-state index in [1.54, 1.807) is 0 Å². The first-order chi connectivity index (χ1) is 16.1. The van der Waals surface area contributed by atoms with E-state index in [0.717, 1.165) is 0 Å². The third kappa shape index (κ3) is 19.9. The van der Waals surface area contributed by atoms with E-state index in [1.165, 1.54) is 167 Å². The smallest absolute Gasteiger partial charge is 0.0203 e. The largest absolute Gasteiger partial charge is 0.304 e. The summed E-state index contributed by atoms with van der Waals surface area (Å²) < 4.78 is 0. The van der Waals surface area contributed by atoms with Crippen LogP contribution in [0.2, 0.25) is 0 Å². The third-order valence-electron chi connectivity index (χ3n) is 8.19. The predicted molar refractivity (Wildman–Crippen MR) is 153 cm³/mol. The Balaban J connectivity index is 4.41. The molecule has 0 unspecified atom stereocenters. The van der Waals surface area contributed by atoms with Gasteiger partial charge in [-0.15, -0.1) is 0 Å². The second kappa shape index (κ2) is 25.1. The van der Waals surface area contributed by atoms with Crippen molar-refractivity contribution in [1.29, 1.82) is 0 Å². The fourth-order valence-corrected chi connectivity index (χ4v) is 5.63. The summed E-state index contributed by atoms with van der Waals surface area (Å²) in [4.78, 5) is 2.65. The molecule has 0 rings (SSSR count). The van der Waals surface area contributed by atoms with Gasteiger partial charge in [-0.25, -0.2) is 0 Å². The molecule has 0 spiro atoms. The molecule has 0 aromatic heterocycles. The molecule has 0 radical (unpaired) electrons. The number of nitrogens with zero attached hydrogens (tertiary/aromatic N) is 1. The van der Waals surface area contributed by atoms with Crippen LogP contribution in [-0.4, -0.2) is 24.5 Å². The lowest BCUT2D eigenvalue weighted by Crippen LogP contribution is -2.44. The molecule has 0 amide bonds. The van der Waals surface area contributed by atoms with Crippen molar-refractivity contribution in [1.82, 2.24) is 4.90 Å². The summed E-state index contributed by atoms with van der Waals surface area (Å²) in [5.74, 6) is 0. The molecule has 0 aliphatic rings. The van der Waals surface area contributed by atoms with E-state index in [1.807, 2.05) is 0 Å². The van der Waals surface area contributed by atoms with E-state index in [-0.39, 0.29) is 0 Å². The molecule has 1 nitrogen and oxygen atoms in total. The minimum atomic E-state index is 0.466. The molecule has 0 bridgehead atoms. The van der Waals surface area contributed by atoms with E-state index in [4.69, 9.17) is 0 Å². The van der Waals surface area contributed by atoms with Crippen molar-refractivity contribution in [3.05, 3.63) is 0 Å². The summed E-state index contributed by atoms with van der Waals surface area (Å²) in [6.07, 6.45) is 37.4. The van der Waals surface area contributed by atoms with Gasteiger partial charge in [0.15, 0.2) is 0 Å². The summed E-state index contributed by atoms with van der Waals surface area (Å²) in [5.41, 5.74) is 0.466. The van der Waals surface area contributed by atoms with Crippen LogP contribution in [0.5, 0.6) is 0 Å². The molecule has 0 aliphatic carbocycles. The monoisotopic (exact) mass is 466 g/mol. The second-order valence-electron chi connectivity index (χ2n) is 11.4. The van der Waals surface area contributed by atoms with Gasteiger partial charge < -0.3 is 4.90 Å². The molecule has 33 heavy (non-hydrogen) atoms. The van der Waals surface area contributed by atoms with E-state index >= 15 is 0 Å². The molecule has 0 aromatic carbocycles. The molecule has 0 saturated carbocycles. The lowest BCUT2D eigenvalue weighted by molar-refractivity contribution is 0.104. The molecule has 0 fully saturated rings. The van der Waals surface area contributed by atoms with Crippen LogP contribution in [-0.2, 0) is 0 Å². The van der Waals surface area contributed by atoms with Crippen molar-refractivity contribution in [2.24, 2.45) is 0 Å². The summed E-state index contributed by atoms with van der Waals surface area (Å²) in [6, 6.07) is 0. The maximum atomic E-state index is 2.65. The van der Waals surface area contributed by atoms with Gasteiger partial charge >= 0.3 is 0 Å². The zero-order chi connectivity index (χ0) is 24.5. The lowest BCUT2D eigenvalue weighted by Gasteiger charge is -2.41. The number of hydrogen-bond donors (Lipinski definition) is 0. The van der Waals surface area contributed by atoms with Crippen molar-refractivity contribution in [3.8, 4) is 0 Å². The van der Waals surface area contributed by atoms with Crippen LogP contribution in [0.3, 0.4) is 0 Å². The van der Waals surface area contributed by atoms with E-state index in [2.05, 4.69) is 39.8 Å². The highest BCUT2D eigenvalue weighted by Gasteiger charge is 2.30. The van der Waals surface area contributed by atoms with Crippen LogP contribution < -0.4 is 0 Å². The lowest BCUT2D eigenvalue weighted by atomic mass is 9.80. The van der Waals surface area contributed by atoms with Crippen LogP contribution in [0, 0.1) is 0 Å². The van der Waals surface area contributed by atoms with Gasteiger partial charge in [0.05, 0.1) is 0 Å². The Morgan fingerprint density at radius 3 is 0.758 bits per heavy atom. The van der Waals surface area contributed by atoms with Crippen LogP contribution in [0.15, 0.2) is 0 Å². The quantitative estimate of drug-likeness (QED) is 0.109. The fraction of sp³-hybridized carbons (Fsp3) is 1.00. The van der Waals surface area contributed by atoms with Crippen LogP contribution in [0.4, 0.5) is 0 Å². The van der Waals surface area contributed by atoms with Crippen molar-refractivity contribution in [2.45, 2.75) is 193 Å². The highest BCUT2D eigenvalue weighted by Crippen LogP contribution is 2.33. The molecule has 0 aromatic rings. The van der Waals surface area contributed by atoms with Gasteiger partial charge in [0.25, 0.3) is 0 Å². The highest BCUT2D eigenvalue weighted by molar-refractivity contribution is 4.88. The average Bonchev–Trinajstić information content (AvgIpc) is 2.81. The first-order valence-corrected chi connectivity index (χ1v) is 15.8. The van der Waals surface area contributed by atoms with Gasteiger partial charge in [0.2, 0.25) is 0 Å². The minimum absolute atomic E-state index is 0.466. The summed E-state index contributed by atoms with van der Waals surface area (Å²) in [5, 5.41) is 0. The Morgan fingerprint density at radius 1 is 0.333 bits per heavy atom. The van der Waals surface area contributed by atoms with E-state index < -0.39 is 0 Å². The maximum absolute atomic E-state index is 2.65. The van der Waals surface area contributed by atoms with Crippen molar-refractivity contribution in [3.63, 3.8) is 0 Å². The Morgan fingerprint density at radius 2 is 0.545 bits per heavy atom. The van der Waals surface area contributed by atoms with Gasteiger partial charge in [0, 0.05) is 5.54 Å². The minimum Gasteiger partial charge on any atom is -0.304 e. The van der Waals surface area contributed by atoms with Crippen LogP contribution in [0.25, 0.3) is 0 Å². The molecule has 0 N–H and O–H groups in total. The Kier molecular flexibility index (Phi) is 25.0. The van der Waals surface area contributed by atoms with Gasteiger partial charge in [-0.3, -0.25) is 0 Å². The van der Waals surface area contributed by atoms with Gasteiger partial charge in [-0.1, -0.05) is 168 Å². The molecular formula is C32H67N. The molecule has 200 valence electrons. The van der Waals surface area contributed by atoms with Crippen molar-refractivity contribution in [2.75, 3.05) is 14.1 Å². The summed E-state index contributed by atoms with van der Waals surface area (Å²) in [7, 11) is 4.77. The molecule has 0 heterocycles. The first kappa shape index (κ1) is 33.0. The average molecular weight is 466 g/mol. The van der Waals surface area contributed by atoms with Crippen LogP contribution in [0.1, 0.15) is 188 Å². The molecule has 0 aliphatic heterocycles. The fourth-order valence-electron chi connectivity index (χ4n) is 5.63. The first-order valence-electron chi connectivity index (χ1n) is 15.8. The highest BCUT2D eigenvalue weighted by atomic mass is 15.1. The van der Waals surface area contributed by atoms with E-state index in [9.17, 15) is 0 Å². The molecule has 1 heteroatoms. The standard InChI is InChI=1S/C32H67N/c1-6-9-12-15-18-21-24-27-30-32(33(4)5,29-26-23-20-17-14-11-8-3)31-28-25-22-19-16-13-10-7-2/h6-31H2,1-5H3. The third-order valence-corrected chi connectivity index (χ3v) is 8.19. The zero-order valence-corrected chi connectivity index (χ0v) is 24.3. The number of rotatable bonds is 27. The molecule has 0 saturated heterocycles. The SMILES string of the molecule is CCCCCCCCCCC(CCCCCCCCC)(CCCCCCCCCC)N(C)C. The summed E-state index contributed by atoms with van der Waals surface area (Å²) in [6.45, 7) is 6.96. The second-order valence-corrected chi connectivity index (χ2v) is 11.4. The van der Waals surface area contributed by atoms with E-state index in [0.29, 0.717) is 5.54 Å². The van der Waals surface area contributed by atoms with Crippen molar-refractivity contribution >= 4 is 0 Å². The van der Waals surface area contributed by atoms with Crippen molar-refractivity contribution < 1.29 is 0 Å². The zero-order valence-electron chi connectivity index (χ0n) is 24.3. The van der Waals surface area contributed by atoms with Gasteiger partial charge in [-0.05, 0) is 33.4 Å². The molecular weight excluding hydrogens is 398 g/mol. The number of unbranched alkanes of at least 4 members (excludes halogenated alkanes) is 20. The summed E-state index contributed by atoms with van der Waals surface area (Å²) >= 11 is 0. The predicted octanol–water partition coefficient (Wildman–Crippen LogP) is 11.5. The Bertz CT molecular complexity index is 342. The number of hydrogen-bond acceptors (Lipinski definition) is 1. The molecule has 0 atom stereocenters. The Labute approximate surface area is 212 Å². The Hall–Kier alpha value is -0.0400. The van der Waals surface area contributed by atoms with Gasteiger partial charge in [0.1, 0.15) is 0 Å². The topological polar surface area (TPSA) is 3.24 Å². The maximum Gasteiger partial charge on any atom is 0.0203 e. The normalized spacial score (nSPS) is 12.2. The van der Waals surface area contributed by atoms with Crippen LogP contribution >= 0.6 is 0 Å². The van der Waals surface area contributed by atoms with Gasteiger partial charge in [-0.2, -0.15) is 0 Å².